The van der Waals surface area contributed by atoms with Crippen LogP contribution in [0.15, 0.2) is 42.5 Å². The Bertz CT molecular complexity index is 1080. The van der Waals surface area contributed by atoms with Crippen LogP contribution in [0.25, 0.3) is 0 Å². The van der Waals surface area contributed by atoms with Gasteiger partial charge < -0.3 is 10.6 Å². The van der Waals surface area contributed by atoms with E-state index in [1.807, 2.05) is 0 Å². The summed E-state index contributed by atoms with van der Waals surface area (Å²) in [5.74, 6) is -0.876. The van der Waals surface area contributed by atoms with E-state index in [2.05, 4.69) is 10.6 Å². The normalized spacial score (nSPS) is 14.6. The van der Waals surface area contributed by atoms with E-state index < -0.39 is 22.5 Å². The van der Waals surface area contributed by atoms with E-state index in [0.717, 1.165) is 36.2 Å². The van der Waals surface area contributed by atoms with Crippen LogP contribution in [0.1, 0.15) is 42.5 Å². The monoisotopic (exact) mass is 497 g/mol. The molecule has 172 valence electrons. The largest absolute Gasteiger partial charge is 0.349 e. The molecule has 0 spiro atoms. The zero-order chi connectivity index (χ0) is 23.3. The van der Waals surface area contributed by atoms with Gasteiger partial charge in [-0.2, -0.15) is 0 Å². The highest BCUT2D eigenvalue weighted by Crippen LogP contribution is 2.27. The third-order valence-corrected chi connectivity index (χ3v) is 6.79. The molecule has 32 heavy (non-hydrogen) atoms. The number of sulfonamides is 1. The van der Waals surface area contributed by atoms with E-state index in [9.17, 15) is 18.0 Å². The number of carbonyl (C=O) groups is 2. The van der Waals surface area contributed by atoms with E-state index >= 15 is 0 Å². The third kappa shape index (κ3) is 6.60. The first-order valence-electron chi connectivity index (χ1n) is 10.3. The quantitative estimate of drug-likeness (QED) is 0.589. The molecular weight excluding hydrogens is 473 g/mol. The Hall–Kier alpha value is -2.29. The zero-order valence-corrected chi connectivity index (χ0v) is 19.9. The minimum Gasteiger partial charge on any atom is -0.349 e. The van der Waals surface area contributed by atoms with Crippen molar-refractivity contribution in [3.8, 4) is 0 Å². The maximum Gasteiger partial charge on any atom is 0.253 e. The predicted molar refractivity (Wildman–Crippen MR) is 128 cm³/mol. The van der Waals surface area contributed by atoms with Crippen LogP contribution in [0.4, 0.5) is 11.4 Å². The molecule has 10 heteroatoms. The molecule has 1 fully saturated rings. The number of anilines is 2. The Morgan fingerprint density at radius 2 is 1.66 bits per heavy atom. The van der Waals surface area contributed by atoms with Crippen molar-refractivity contribution in [3.05, 3.63) is 58.1 Å². The molecule has 1 aliphatic carbocycles. The molecule has 1 saturated carbocycles. The molecule has 0 bridgehead atoms. The van der Waals surface area contributed by atoms with Crippen LogP contribution in [0.2, 0.25) is 10.0 Å². The number of halogens is 2. The Balaban J connectivity index is 1.76. The molecule has 0 aromatic heterocycles. The topological polar surface area (TPSA) is 95.6 Å². The molecule has 0 saturated heterocycles. The van der Waals surface area contributed by atoms with Crippen molar-refractivity contribution in [1.82, 2.24) is 5.32 Å². The smallest absolute Gasteiger partial charge is 0.253 e. The van der Waals surface area contributed by atoms with Gasteiger partial charge in [0.15, 0.2) is 0 Å². The number of nitrogens with zero attached hydrogens (tertiary/aromatic N) is 1. The number of rotatable bonds is 7. The lowest BCUT2D eigenvalue weighted by Crippen LogP contribution is -2.38. The first-order valence-corrected chi connectivity index (χ1v) is 12.9. The number of hydrogen-bond acceptors (Lipinski definition) is 4. The summed E-state index contributed by atoms with van der Waals surface area (Å²) in [4.78, 5) is 25.6. The predicted octanol–water partition coefficient (Wildman–Crippen LogP) is 4.46. The van der Waals surface area contributed by atoms with Gasteiger partial charge in [0, 0.05) is 16.1 Å². The number of carbonyl (C=O) groups excluding carboxylic acids is 2. The summed E-state index contributed by atoms with van der Waals surface area (Å²) in [5, 5.41) is 6.17. The molecule has 0 heterocycles. The zero-order valence-electron chi connectivity index (χ0n) is 17.6. The Kier molecular flexibility index (Phi) is 8.03. The van der Waals surface area contributed by atoms with Crippen molar-refractivity contribution in [3.63, 3.8) is 0 Å². The highest BCUT2D eigenvalue weighted by atomic mass is 35.5. The van der Waals surface area contributed by atoms with Crippen molar-refractivity contribution >= 4 is 56.4 Å². The van der Waals surface area contributed by atoms with Gasteiger partial charge in [0.2, 0.25) is 15.9 Å². The summed E-state index contributed by atoms with van der Waals surface area (Å²) in [7, 11) is -3.81. The summed E-state index contributed by atoms with van der Waals surface area (Å²) < 4.78 is 25.6. The van der Waals surface area contributed by atoms with Crippen molar-refractivity contribution in [2.45, 2.75) is 38.1 Å². The van der Waals surface area contributed by atoms with Crippen LogP contribution in [-0.2, 0) is 14.8 Å². The Morgan fingerprint density at radius 1 is 1.03 bits per heavy atom. The number of nitrogens with one attached hydrogen (secondary N) is 2. The van der Waals surface area contributed by atoms with E-state index in [4.69, 9.17) is 23.2 Å². The molecule has 7 nitrogen and oxygen atoms in total. The maximum atomic E-state index is 12.8. The molecular formula is C22H25Cl2N3O4S. The first kappa shape index (κ1) is 24.4. The summed E-state index contributed by atoms with van der Waals surface area (Å²) >= 11 is 12.0. The molecule has 3 rings (SSSR count). The lowest BCUT2D eigenvalue weighted by Gasteiger charge is -2.24. The number of amides is 2. The lowest BCUT2D eigenvalue weighted by molar-refractivity contribution is -0.114. The van der Waals surface area contributed by atoms with Crippen LogP contribution < -0.4 is 14.9 Å². The van der Waals surface area contributed by atoms with Gasteiger partial charge in [0.05, 0.1) is 23.2 Å². The molecule has 2 amide bonds. The average molecular weight is 498 g/mol. The fourth-order valence-electron chi connectivity index (χ4n) is 3.70. The highest BCUT2D eigenvalue weighted by Gasteiger charge is 2.23. The molecule has 1 aliphatic rings. The second-order valence-corrected chi connectivity index (χ2v) is 10.6. The van der Waals surface area contributed by atoms with Gasteiger partial charge in [-0.15, -0.1) is 0 Å². The van der Waals surface area contributed by atoms with Crippen molar-refractivity contribution in [2.24, 2.45) is 0 Å². The summed E-state index contributed by atoms with van der Waals surface area (Å²) in [6.07, 6.45) is 6.20. The van der Waals surface area contributed by atoms with Crippen LogP contribution >= 0.6 is 23.2 Å². The van der Waals surface area contributed by atoms with Gasteiger partial charge in [-0.05, 0) is 43.2 Å². The molecule has 2 aromatic carbocycles. The van der Waals surface area contributed by atoms with E-state index in [1.165, 1.54) is 24.6 Å². The minimum atomic E-state index is -3.81. The molecule has 2 N–H and O–H groups in total. The first-order chi connectivity index (χ1) is 15.1. The van der Waals surface area contributed by atoms with Crippen LogP contribution in [0.3, 0.4) is 0 Å². The molecule has 0 unspecified atom stereocenters. The van der Waals surface area contributed by atoms with Crippen molar-refractivity contribution in [2.75, 3.05) is 22.4 Å². The van der Waals surface area contributed by atoms with Gasteiger partial charge in [-0.25, -0.2) is 8.42 Å². The number of para-hydroxylation sites is 1. The summed E-state index contributed by atoms with van der Waals surface area (Å²) in [6, 6.07) is 11.0. The second kappa shape index (κ2) is 10.6. The average Bonchev–Trinajstić information content (AvgIpc) is 2.71. The highest BCUT2D eigenvalue weighted by molar-refractivity contribution is 7.92. The van der Waals surface area contributed by atoms with Crippen LogP contribution in [0, 0.1) is 0 Å². The summed E-state index contributed by atoms with van der Waals surface area (Å²) in [5.41, 5.74) is 0.801. The van der Waals surface area contributed by atoms with Gasteiger partial charge in [-0.1, -0.05) is 54.6 Å². The third-order valence-electron chi connectivity index (χ3n) is 5.21. The Morgan fingerprint density at radius 3 is 2.28 bits per heavy atom. The molecule has 0 aliphatic heterocycles. The van der Waals surface area contributed by atoms with E-state index in [0.29, 0.717) is 11.3 Å². The maximum absolute atomic E-state index is 12.8. The van der Waals surface area contributed by atoms with E-state index in [-0.39, 0.29) is 27.7 Å². The molecule has 0 radical (unpaired) electrons. The van der Waals surface area contributed by atoms with Crippen molar-refractivity contribution < 1.29 is 18.0 Å². The minimum absolute atomic E-state index is 0.119. The van der Waals surface area contributed by atoms with Gasteiger partial charge in [0.25, 0.3) is 5.91 Å². The van der Waals surface area contributed by atoms with Gasteiger partial charge in [-0.3, -0.25) is 13.9 Å². The van der Waals surface area contributed by atoms with Crippen molar-refractivity contribution in [1.29, 1.82) is 0 Å². The lowest BCUT2D eigenvalue weighted by atomic mass is 9.95. The van der Waals surface area contributed by atoms with Gasteiger partial charge in [0.1, 0.15) is 6.54 Å². The Labute approximate surface area is 198 Å². The number of hydrogen-bond donors (Lipinski definition) is 2. The van der Waals surface area contributed by atoms with Crippen LogP contribution in [-0.4, -0.2) is 39.1 Å². The fraction of sp³-hybridized carbons (Fsp3) is 0.364. The van der Waals surface area contributed by atoms with E-state index in [1.54, 1.807) is 24.3 Å². The van der Waals surface area contributed by atoms with Gasteiger partial charge >= 0.3 is 0 Å². The van der Waals surface area contributed by atoms with Crippen LogP contribution in [0.5, 0.6) is 0 Å². The SMILES string of the molecule is CS(=O)(=O)N(CC(=O)Nc1ccccc1C(=O)NC1CCCCC1)c1cc(Cl)cc(Cl)c1. The number of benzene rings is 2. The standard InChI is InChI=1S/C22H25Cl2N3O4S/c1-32(30,31)27(18-12-15(23)11-16(24)13-18)14-21(28)26-20-10-6-5-9-19(20)22(29)25-17-7-3-2-4-8-17/h5-6,9-13,17H,2-4,7-8,14H2,1H3,(H,25,29)(H,26,28). The molecule has 0 atom stereocenters. The fourth-order valence-corrected chi connectivity index (χ4v) is 5.06. The summed E-state index contributed by atoms with van der Waals surface area (Å²) in [6.45, 7) is -0.506. The second-order valence-electron chi connectivity index (χ2n) is 7.80. The molecule has 2 aromatic rings.